The molecule has 0 saturated carbocycles. The summed E-state index contributed by atoms with van der Waals surface area (Å²) in [5.74, 6) is -0.219. The van der Waals surface area contributed by atoms with E-state index < -0.39 is 20.9 Å². The van der Waals surface area contributed by atoms with E-state index in [-0.39, 0.29) is 24.2 Å². The first-order chi connectivity index (χ1) is 11.4. The smallest absolute Gasteiger partial charge is 0.274 e. The molecule has 0 N–H and O–H groups in total. The van der Waals surface area contributed by atoms with Crippen molar-refractivity contribution in [2.75, 3.05) is 26.2 Å². The average molecular weight is 352 g/mol. The van der Waals surface area contributed by atoms with Crippen molar-refractivity contribution in [3.63, 3.8) is 0 Å². The molecule has 1 spiro atoms. The molecule has 130 valence electrons. The summed E-state index contributed by atoms with van der Waals surface area (Å²) in [6.45, 7) is 5.04. The second-order valence-corrected chi connectivity index (χ2v) is 8.84. The largest absolute Gasteiger partial charge is 0.365 e. The molecule has 3 aliphatic heterocycles. The van der Waals surface area contributed by atoms with Gasteiger partial charge in [0, 0.05) is 25.8 Å². The summed E-state index contributed by atoms with van der Waals surface area (Å²) >= 11 is 0. The van der Waals surface area contributed by atoms with E-state index in [9.17, 15) is 13.2 Å². The second-order valence-electron chi connectivity index (χ2n) is 6.73. The fraction of sp³-hybridized carbons (Fsp3) is 0.667. The molecule has 3 fully saturated rings. The van der Waals surface area contributed by atoms with Gasteiger partial charge in [0.2, 0.25) is 10.0 Å². The molecule has 4 rings (SSSR count). The van der Waals surface area contributed by atoms with Crippen LogP contribution in [0.5, 0.6) is 0 Å². The Morgan fingerprint density at radius 2 is 2.17 bits per heavy atom. The number of morpholine rings is 1. The van der Waals surface area contributed by atoms with Gasteiger partial charge in [0.05, 0.1) is 24.5 Å². The van der Waals surface area contributed by atoms with Crippen molar-refractivity contribution in [3.05, 3.63) is 23.8 Å². The van der Waals surface area contributed by atoms with Crippen LogP contribution >= 0.6 is 0 Å². The van der Waals surface area contributed by atoms with Gasteiger partial charge in [-0.25, -0.2) is 13.4 Å². The number of likely N-dealkylation sites (N-methyl/N-ethyl adjacent to an activating group) is 1. The van der Waals surface area contributed by atoms with Crippen LogP contribution in [0.1, 0.15) is 29.5 Å². The number of hydrogen-bond donors (Lipinski definition) is 0. The number of rotatable bonds is 2. The fourth-order valence-corrected chi connectivity index (χ4v) is 6.38. The van der Waals surface area contributed by atoms with Crippen LogP contribution in [0, 0.1) is 6.92 Å². The number of aromatic nitrogens is 2. The molecule has 24 heavy (non-hydrogen) atoms. The Kier molecular flexibility index (Phi) is 3.45. The predicted molar refractivity (Wildman–Crippen MR) is 84.8 cm³/mol. The lowest BCUT2D eigenvalue weighted by atomic mass is 9.99. The number of carbonyl (C=O) groups excluding carboxylic acids is 1. The number of hydrogen-bond acceptors (Lipinski definition) is 6. The van der Waals surface area contributed by atoms with Crippen molar-refractivity contribution in [2.45, 2.75) is 37.2 Å². The monoisotopic (exact) mass is 352 g/mol. The summed E-state index contributed by atoms with van der Waals surface area (Å²) in [7, 11) is -3.36. The molecule has 3 atom stereocenters. The molecular formula is C15H20N4O4S. The van der Waals surface area contributed by atoms with Crippen molar-refractivity contribution in [1.82, 2.24) is 19.2 Å². The van der Waals surface area contributed by atoms with Crippen LogP contribution in [0.3, 0.4) is 0 Å². The number of carbonyl (C=O) groups is 1. The highest BCUT2D eigenvalue weighted by atomic mass is 32.2. The Morgan fingerprint density at radius 3 is 2.83 bits per heavy atom. The highest BCUT2D eigenvalue weighted by Crippen LogP contribution is 2.46. The van der Waals surface area contributed by atoms with Gasteiger partial charge in [0.15, 0.2) is 0 Å². The third-order valence-electron chi connectivity index (χ3n) is 5.15. The van der Waals surface area contributed by atoms with Crippen LogP contribution < -0.4 is 0 Å². The third-order valence-corrected chi connectivity index (χ3v) is 7.60. The molecular weight excluding hydrogens is 332 g/mol. The minimum atomic E-state index is -3.36. The van der Waals surface area contributed by atoms with Gasteiger partial charge in [-0.2, -0.15) is 4.31 Å². The molecule has 3 aliphatic rings. The van der Waals surface area contributed by atoms with Crippen LogP contribution in [-0.2, 0) is 14.8 Å². The maximum atomic E-state index is 12.7. The average Bonchev–Trinajstić information content (AvgIpc) is 2.93. The van der Waals surface area contributed by atoms with Gasteiger partial charge in [0.25, 0.3) is 5.91 Å². The highest BCUT2D eigenvalue weighted by molar-refractivity contribution is 7.90. The maximum Gasteiger partial charge on any atom is 0.274 e. The zero-order chi connectivity index (χ0) is 17.1. The quantitative estimate of drug-likeness (QED) is 0.732. The van der Waals surface area contributed by atoms with E-state index in [1.165, 1.54) is 10.5 Å². The summed E-state index contributed by atoms with van der Waals surface area (Å²) in [5.41, 5.74) is 0.210. The SMILES string of the molecule is CCN1C[C@@]23CN(C(=O)c4cnc(C)cn4)C[C@@H](C[C@@H]2S1(=O)=O)O3. The molecule has 1 aromatic rings. The maximum absolute atomic E-state index is 12.7. The molecule has 0 unspecified atom stereocenters. The van der Waals surface area contributed by atoms with Gasteiger partial charge in [-0.1, -0.05) is 6.92 Å². The molecule has 8 nitrogen and oxygen atoms in total. The first-order valence-corrected chi connectivity index (χ1v) is 9.61. The van der Waals surface area contributed by atoms with E-state index in [0.717, 1.165) is 5.69 Å². The Balaban J connectivity index is 1.62. The van der Waals surface area contributed by atoms with Gasteiger partial charge >= 0.3 is 0 Å². The topological polar surface area (TPSA) is 92.7 Å². The molecule has 0 aromatic carbocycles. The molecule has 9 heteroatoms. The second kappa shape index (κ2) is 5.21. The van der Waals surface area contributed by atoms with Crippen molar-refractivity contribution >= 4 is 15.9 Å². The third kappa shape index (κ3) is 2.18. The summed E-state index contributed by atoms with van der Waals surface area (Å²) in [6.07, 6.45) is 3.23. The van der Waals surface area contributed by atoms with Crippen molar-refractivity contribution < 1.29 is 17.9 Å². The summed E-state index contributed by atoms with van der Waals surface area (Å²) in [5, 5.41) is -0.558. The Labute approximate surface area is 140 Å². The molecule has 0 aliphatic carbocycles. The normalized spacial score (nSPS) is 34.3. The van der Waals surface area contributed by atoms with E-state index in [4.69, 9.17) is 4.74 Å². The number of likely N-dealkylation sites (tertiary alicyclic amines) is 1. The zero-order valence-corrected chi connectivity index (χ0v) is 14.5. The van der Waals surface area contributed by atoms with E-state index in [1.807, 2.05) is 13.8 Å². The Bertz CT molecular complexity index is 781. The van der Waals surface area contributed by atoms with E-state index in [0.29, 0.717) is 26.1 Å². The van der Waals surface area contributed by atoms with E-state index in [1.54, 1.807) is 11.1 Å². The van der Waals surface area contributed by atoms with Crippen LogP contribution in [0.2, 0.25) is 0 Å². The molecule has 1 amide bonds. The lowest BCUT2D eigenvalue weighted by Crippen LogP contribution is -2.56. The number of nitrogens with zero attached hydrogens (tertiary/aromatic N) is 4. The van der Waals surface area contributed by atoms with Crippen molar-refractivity contribution in [2.24, 2.45) is 0 Å². The number of ether oxygens (including phenoxy) is 1. The summed E-state index contributed by atoms with van der Waals surface area (Å²) < 4.78 is 32.8. The molecule has 0 radical (unpaired) electrons. The van der Waals surface area contributed by atoms with Gasteiger partial charge in [-0.3, -0.25) is 9.78 Å². The van der Waals surface area contributed by atoms with Crippen LogP contribution in [0.15, 0.2) is 12.4 Å². The van der Waals surface area contributed by atoms with Gasteiger partial charge in [-0.05, 0) is 13.3 Å². The molecule has 4 heterocycles. The lowest BCUT2D eigenvalue weighted by molar-refractivity contribution is -0.0975. The minimum absolute atomic E-state index is 0.219. The Morgan fingerprint density at radius 1 is 1.38 bits per heavy atom. The van der Waals surface area contributed by atoms with Crippen molar-refractivity contribution in [1.29, 1.82) is 0 Å². The number of amides is 1. The minimum Gasteiger partial charge on any atom is -0.365 e. The first kappa shape index (κ1) is 15.9. The summed E-state index contributed by atoms with van der Waals surface area (Å²) in [4.78, 5) is 22.7. The number of aryl methyl sites for hydroxylation is 1. The van der Waals surface area contributed by atoms with Crippen molar-refractivity contribution in [3.8, 4) is 0 Å². The standard InChI is InChI=1S/C15H20N4O4S/c1-3-19-9-15-8-18(14(20)12-6-16-10(2)5-17-12)7-11(23-15)4-13(15)24(19,21)22/h5-6,11,13H,3-4,7-9H2,1-2H3/t11-,13+,15+/m1/s1. The zero-order valence-electron chi connectivity index (χ0n) is 13.7. The van der Waals surface area contributed by atoms with E-state index in [2.05, 4.69) is 9.97 Å². The van der Waals surface area contributed by atoms with Gasteiger partial charge < -0.3 is 9.64 Å². The predicted octanol–water partition coefficient (Wildman–Crippen LogP) is -0.198. The van der Waals surface area contributed by atoms with Crippen LogP contribution in [0.25, 0.3) is 0 Å². The molecule has 3 saturated heterocycles. The highest BCUT2D eigenvalue weighted by Gasteiger charge is 2.65. The van der Waals surface area contributed by atoms with Crippen LogP contribution in [0.4, 0.5) is 0 Å². The van der Waals surface area contributed by atoms with Gasteiger partial charge in [-0.15, -0.1) is 0 Å². The Hall–Kier alpha value is -1.58. The fourth-order valence-electron chi connectivity index (χ4n) is 4.06. The number of sulfonamides is 1. The number of fused-ring (bicyclic) bond motifs is 1. The van der Waals surface area contributed by atoms with E-state index >= 15 is 0 Å². The molecule has 1 aromatic heterocycles. The van der Waals surface area contributed by atoms with Crippen LogP contribution in [-0.4, -0.2) is 76.6 Å². The van der Waals surface area contributed by atoms with Gasteiger partial charge in [0.1, 0.15) is 16.5 Å². The summed E-state index contributed by atoms with van der Waals surface area (Å²) in [6, 6.07) is 0. The molecule has 2 bridgehead atoms. The first-order valence-electron chi connectivity index (χ1n) is 8.10. The lowest BCUT2D eigenvalue weighted by Gasteiger charge is -2.39.